The first-order valence-corrected chi connectivity index (χ1v) is 12.1. The predicted octanol–water partition coefficient (Wildman–Crippen LogP) is 4.50. The quantitative estimate of drug-likeness (QED) is 0.481. The number of halogens is 2. The van der Waals surface area contributed by atoms with Crippen LogP contribution in [-0.2, 0) is 14.8 Å². The number of hydrogen-bond donors (Lipinski definition) is 1. The minimum atomic E-state index is -3.75. The van der Waals surface area contributed by atoms with E-state index in [9.17, 15) is 13.2 Å². The summed E-state index contributed by atoms with van der Waals surface area (Å²) in [6.07, 6.45) is 1.03. The number of sulfonamides is 1. The molecule has 0 aliphatic rings. The van der Waals surface area contributed by atoms with Crippen LogP contribution >= 0.6 is 23.2 Å². The molecule has 1 amide bonds. The van der Waals surface area contributed by atoms with Crippen molar-refractivity contribution in [1.82, 2.24) is 5.32 Å². The zero-order chi connectivity index (χ0) is 22.6. The average molecular weight is 481 g/mol. The minimum absolute atomic E-state index is 0.198. The molecule has 0 radical (unpaired) electrons. The van der Waals surface area contributed by atoms with Crippen LogP contribution in [0.25, 0.3) is 10.8 Å². The summed E-state index contributed by atoms with van der Waals surface area (Å²) in [5.41, 5.74) is 0.256. The lowest BCUT2D eigenvalue weighted by molar-refractivity contribution is -0.121. The normalized spacial score (nSPS) is 12.4. The lowest BCUT2D eigenvalue weighted by Crippen LogP contribution is -2.48. The molecular formula is C22H22Cl2N2O4S. The van der Waals surface area contributed by atoms with E-state index < -0.39 is 22.0 Å². The maximum Gasteiger partial charge on any atom is 0.243 e. The van der Waals surface area contributed by atoms with Gasteiger partial charge in [-0.25, -0.2) is 8.42 Å². The first-order valence-electron chi connectivity index (χ1n) is 9.50. The minimum Gasteiger partial charge on any atom is -0.492 e. The van der Waals surface area contributed by atoms with Crippen molar-refractivity contribution in [3.63, 3.8) is 0 Å². The van der Waals surface area contributed by atoms with Gasteiger partial charge in [0.2, 0.25) is 15.9 Å². The lowest BCUT2D eigenvalue weighted by atomic mass is 10.1. The van der Waals surface area contributed by atoms with Gasteiger partial charge >= 0.3 is 0 Å². The lowest BCUT2D eigenvalue weighted by Gasteiger charge is -2.28. The number of nitrogens with one attached hydrogen (secondary N) is 1. The second-order valence-electron chi connectivity index (χ2n) is 6.98. The van der Waals surface area contributed by atoms with Crippen LogP contribution in [0.15, 0.2) is 60.7 Å². The Kier molecular flexibility index (Phi) is 7.30. The highest BCUT2D eigenvalue weighted by Crippen LogP contribution is 2.29. The van der Waals surface area contributed by atoms with Crippen LogP contribution in [0, 0.1) is 0 Å². The smallest absolute Gasteiger partial charge is 0.243 e. The molecule has 0 aliphatic carbocycles. The Hall–Kier alpha value is -2.48. The van der Waals surface area contributed by atoms with E-state index in [0.717, 1.165) is 21.3 Å². The molecule has 0 saturated heterocycles. The van der Waals surface area contributed by atoms with Crippen LogP contribution in [0.3, 0.4) is 0 Å². The Labute approximate surface area is 191 Å². The van der Waals surface area contributed by atoms with Gasteiger partial charge in [0.25, 0.3) is 0 Å². The van der Waals surface area contributed by atoms with Crippen LogP contribution in [-0.4, -0.2) is 39.8 Å². The molecule has 1 atom stereocenters. The number of carbonyl (C=O) groups excluding carboxylic acids is 1. The van der Waals surface area contributed by atoms with Crippen molar-refractivity contribution in [2.45, 2.75) is 13.0 Å². The molecule has 0 heterocycles. The zero-order valence-corrected chi connectivity index (χ0v) is 19.3. The van der Waals surface area contributed by atoms with Crippen LogP contribution < -0.4 is 14.4 Å². The molecule has 0 aromatic heterocycles. The van der Waals surface area contributed by atoms with Crippen molar-refractivity contribution in [2.75, 3.05) is 23.7 Å². The van der Waals surface area contributed by atoms with Gasteiger partial charge in [-0.1, -0.05) is 53.5 Å². The van der Waals surface area contributed by atoms with E-state index in [1.54, 1.807) is 0 Å². The summed E-state index contributed by atoms with van der Waals surface area (Å²) >= 11 is 11.9. The molecule has 0 saturated carbocycles. The van der Waals surface area contributed by atoms with Crippen molar-refractivity contribution in [3.8, 4) is 5.75 Å². The monoisotopic (exact) mass is 480 g/mol. The van der Waals surface area contributed by atoms with Gasteiger partial charge in [-0.2, -0.15) is 0 Å². The van der Waals surface area contributed by atoms with Crippen LogP contribution in [0.2, 0.25) is 10.0 Å². The van der Waals surface area contributed by atoms with E-state index in [-0.39, 0.29) is 23.9 Å². The first-order chi connectivity index (χ1) is 14.7. The summed E-state index contributed by atoms with van der Waals surface area (Å²) in [5, 5.41) is 5.37. The molecule has 9 heteroatoms. The number of anilines is 1. The number of hydrogen-bond acceptors (Lipinski definition) is 4. The number of fused-ring (bicyclic) bond motifs is 1. The molecule has 0 fully saturated rings. The Balaban J connectivity index is 1.61. The highest BCUT2D eigenvalue weighted by molar-refractivity contribution is 7.92. The molecule has 1 N–H and O–H groups in total. The molecule has 0 aliphatic heterocycles. The predicted molar refractivity (Wildman–Crippen MR) is 126 cm³/mol. The van der Waals surface area contributed by atoms with Crippen molar-refractivity contribution in [1.29, 1.82) is 0 Å². The number of ether oxygens (including phenoxy) is 1. The van der Waals surface area contributed by atoms with E-state index in [1.165, 1.54) is 25.1 Å². The molecule has 3 rings (SSSR count). The fourth-order valence-corrected chi connectivity index (χ4v) is 4.64. The largest absolute Gasteiger partial charge is 0.492 e. The number of rotatable bonds is 8. The van der Waals surface area contributed by atoms with Crippen molar-refractivity contribution in [3.05, 3.63) is 70.7 Å². The van der Waals surface area contributed by atoms with Crippen LogP contribution in [0.5, 0.6) is 5.75 Å². The molecule has 0 unspecified atom stereocenters. The maximum atomic E-state index is 12.6. The Morgan fingerprint density at radius 2 is 1.74 bits per heavy atom. The zero-order valence-electron chi connectivity index (χ0n) is 17.0. The molecule has 3 aromatic carbocycles. The van der Waals surface area contributed by atoms with Crippen LogP contribution in [0.4, 0.5) is 5.69 Å². The molecular weight excluding hydrogens is 459 g/mol. The summed E-state index contributed by atoms with van der Waals surface area (Å²) in [4.78, 5) is 12.6. The van der Waals surface area contributed by atoms with Crippen molar-refractivity contribution in [2.24, 2.45) is 0 Å². The number of nitrogens with zero attached hydrogens (tertiary/aromatic N) is 1. The summed E-state index contributed by atoms with van der Waals surface area (Å²) < 4.78 is 31.4. The third-order valence-electron chi connectivity index (χ3n) is 4.64. The summed E-state index contributed by atoms with van der Waals surface area (Å²) in [6, 6.07) is 17.1. The van der Waals surface area contributed by atoms with Gasteiger partial charge in [0.15, 0.2) is 0 Å². The number of benzene rings is 3. The number of carbonyl (C=O) groups is 1. The molecule has 3 aromatic rings. The van der Waals surface area contributed by atoms with E-state index in [4.69, 9.17) is 27.9 Å². The Morgan fingerprint density at radius 1 is 1.03 bits per heavy atom. The maximum absolute atomic E-state index is 12.6. The van der Waals surface area contributed by atoms with E-state index in [2.05, 4.69) is 5.32 Å². The summed E-state index contributed by atoms with van der Waals surface area (Å²) in [7, 11) is -3.75. The number of amides is 1. The van der Waals surface area contributed by atoms with Gasteiger partial charge in [-0.3, -0.25) is 9.10 Å². The standard InChI is InChI=1S/C22H22Cl2N2O4S/c1-15(26(31(2,28)29)18-8-10-20(23)21(24)14-18)22(27)25-11-12-30-19-9-7-16-5-3-4-6-17(16)13-19/h3-10,13-15H,11-12H2,1-2H3,(H,25,27)/t15-/m0/s1. The summed E-state index contributed by atoms with van der Waals surface area (Å²) in [6.45, 7) is 1.96. The molecule has 31 heavy (non-hydrogen) atoms. The van der Waals surface area contributed by atoms with E-state index in [1.807, 2.05) is 42.5 Å². The van der Waals surface area contributed by atoms with Crippen molar-refractivity contribution >= 4 is 55.6 Å². The second-order valence-corrected chi connectivity index (χ2v) is 9.66. The van der Waals surface area contributed by atoms with Gasteiger partial charge < -0.3 is 10.1 Å². The van der Waals surface area contributed by atoms with Crippen molar-refractivity contribution < 1.29 is 17.9 Å². The SMILES string of the molecule is C[C@@H](C(=O)NCCOc1ccc2ccccc2c1)N(c1ccc(Cl)c(Cl)c1)S(C)(=O)=O. The second kappa shape index (κ2) is 9.77. The van der Waals surface area contributed by atoms with E-state index in [0.29, 0.717) is 10.8 Å². The molecule has 0 bridgehead atoms. The highest BCUT2D eigenvalue weighted by Gasteiger charge is 2.29. The fraction of sp³-hybridized carbons (Fsp3) is 0.227. The summed E-state index contributed by atoms with van der Waals surface area (Å²) in [5.74, 6) is 0.230. The average Bonchev–Trinajstić information content (AvgIpc) is 2.72. The molecule has 164 valence electrons. The Bertz CT molecular complexity index is 1200. The van der Waals surface area contributed by atoms with Gasteiger partial charge in [0, 0.05) is 0 Å². The van der Waals surface area contributed by atoms with E-state index >= 15 is 0 Å². The third-order valence-corrected chi connectivity index (χ3v) is 6.62. The van der Waals surface area contributed by atoms with Gasteiger partial charge in [-0.05, 0) is 48.0 Å². The first kappa shape index (κ1) is 23.2. The fourth-order valence-electron chi connectivity index (χ4n) is 3.18. The van der Waals surface area contributed by atoms with Crippen LogP contribution in [0.1, 0.15) is 6.92 Å². The highest BCUT2D eigenvalue weighted by atomic mass is 35.5. The Morgan fingerprint density at radius 3 is 2.42 bits per heavy atom. The molecule has 0 spiro atoms. The third kappa shape index (κ3) is 5.81. The topological polar surface area (TPSA) is 75.7 Å². The van der Waals surface area contributed by atoms with Gasteiger partial charge in [0.05, 0.1) is 28.5 Å². The van der Waals surface area contributed by atoms with Gasteiger partial charge in [0.1, 0.15) is 18.4 Å². The van der Waals surface area contributed by atoms with Gasteiger partial charge in [-0.15, -0.1) is 0 Å². The molecule has 6 nitrogen and oxygen atoms in total.